The van der Waals surface area contributed by atoms with Crippen LogP contribution in [-0.2, 0) is 9.53 Å². The van der Waals surface area contributed by atoms with Gasteiger partial charge in [-0.05, 0) is 12.1 Å². The molecular weight excluding hydrogens is 384 g/mol. The summed E-state index contributed by atoms with van der Waals surface area (Å²) in [5, 5.41) is 13.8. The van der Waals surface area contributed by atoms with Gasteiger partial charge in [0.15, 0.2) is 18.1 Å². The van der Waals surface area contributed by atoms with Crippen molar-refractivity contribution in [3.8, 4) is 17.2 Å². The summed E-state index contributed by atoms with van der Waals surface area (Å²) in [4.78, 5) is 34.6. The molecule has 1 aliphatic rings. The maximum Gasteiger partial charge on any atom is 0.345 e. The summed E-state index contributed by atoms with van der Waals surface area (Å²) in [7, 11) is 0. The third kappa shape index (κ3) is 5.34. The Morgan fingerprint density at radius 2 is 1.79 bits per heavy atom. The number of hydrogen-bond acceptors (Lipinski definition) is 8. The number of nitrogens with one attached hydrogen (secondary N) is 1. The molecule has 2 aromatic rings. The van der Waals surface area contributed by atoms with E-state index in [1.807, 2.05) is 18.2 Å². The molecule has 29 heavy (non-hydrogen) atoms. The van der Waals surface area contributed by atoms with E-state index < -0.39 is 29.1 Å². The van der Waals surface area contributed by atoms with Crippen LogP contribution in [-0.4, -0.2) is 49.8 Å². The topological polar surface area (TPSA) is 126 Å². The third-order valence-corrected chi connectivity index (χ3v) is 3.85. The van der Waals surface area contributed by atoms with E-state index in [0.29, 0.717) is 5.75 Å². The fourth-order valence-corrected chi connectivity index (χ4v) is 2.53. The highest BCUT2D eigenvalue weighted by molar-refractivity contribution is 5.96. The lowest BCUT2D eigenvalue weighted by Crippen LogP contribution is -2.32. The maximum atomic E-state index is 12.2. The first kappa shape index (κ1) is 19.9. The number of hydrogen-bond donors (Lipinski definition) is 1. The Bertz CT molecular complexity index is 901. The Labute approximate surface area is 165 Å². The van der Waals surface area contributed by atoms with Crippen LogP contribution in [0.15, 0.2) is 42.5 Å². The molecule has 3 rings (SSSR count). The predicted molar refractivity (Wildman–Crippen MR) is 99.3 cm³/mol. The summed E-state index contributed by atoms with van der Waals surface area (Å²) < 4.78 is 20.9. The Hall–Kier alpha value is -3.82. The summed E-state index contributed by atoms with van der Waals surface area (Å²) in [6.45, 7) is 0.359. The molecule has 0 radical (unpaired) electrons. The lowest BCUT2D eigenvalue weighted by Gasteiger charge is -2.18. The minimum Gasteiger partial charge on any atom is -0.492 e. The molecular formula is C19H18N2O8. The van der Waals surface area contributed by atoms with Crippen molar-refractivity contribution < 1.29 is 33.5 Å². The van der Waals surface area contributed by atoms with Gasteiger partial charge < -0.3 is 24.3 Å². The number of amides is 1. The monoisotopic (exact) mass is 402 g/mol. The van der Waals surface area contributed by atoms with E-state index in [-0.39, 0.29) is 43.4 Å². The van der Waals surface area contributed by atoms with Gasteiger partial charge in [0.05, 0.1) is 17.5 Å². The Balaban J connectivity index is 1.51. The number of carbonyl (C=O) groups excluding carboxylic acids is 2. The molecule has 1 heterocycles. The van der Waals surface area contributed by atoms with E-state index in [2.05, 4.69) is 5.32 Å². The minimum atomic E-state index is -1.01. The van der Waals surface area contributed by atoms with Gasteiger partial charge in [0, 0.05) is 6.07 Å². The summed E-state index contributed by atoms with van der Waals surface area (Å²) in [5.41, 5.74) is -0.810. The van der Waals surface area contributed by atoms with Gasteiger partial charge in [0.25, 0.3) is 11.6 Å². The molecule has 0 spiro atoms. The van der Waals surface area contributed by atoms with Gasteiger partial charge in [0.1, 0.15) is 31.1 Å². The predicted octanol–water partition coefficient (Wildman–Crippen LogP) is 1.72. The van der Waals surface area contributed by atoms with E-state index >= 15 is 0 Å². The zero-order valence-corrected chi connectivity index (χ0v) is 15.3. The van der Waals surface area contributed by atoms with Crippen molar-refractivity contribution in [1.82, 2.24) is 5.32 Å². The van der Waals surface area contributed by atoms with Crippen molar-refractivity contribution >= 4 is 17.6 Å². The summed E-state index contributed by atoms with van der Waals surface area (Å²) in [6.07, 6.45) is 0. The van der Waals surface area contributed by atoms with Gasteiger partial charge >= 0.3 is 5.97 Å². The standard InChI is InChI=1S/C19H18N2O8/c22-18(20-6-7-26-13-4-2-1-3-5-13)12-29-19(23)14-10-16-17(28-9-8-27-16)11-15(14)21(24)25/h1-5,10-11H,6-9,12H2,(H,20,22). The zero-order valence-electron chi connectivity index (χ0n) is 15.3. The fraction of sp³-hybridized carbons (Fsp3) is 0.263. The van der Waals surface area contributed by atoms with Gasteiger partial charge in [-0.3, -0.25) is 14.9 Å². The third-order valence-electron chi connectivity index (χ3n) is 3.85. The number of benzene rings is 2. The molecule has 0 saturated heterocycles. The van der Waals surface area contributed by atoms with Crippen LogP contribution < -0.4 is 19.5 Å². The van der Waals surface area contributed by atoms with E-state index in [9.17, 15) is 19.7 Å². The van der Waals surface area contributed by atoms with Crippen LogP contribution in [0.25, 0.3) is 0 Å². The Morgan fingerprint density at radius 3 is 2.48 bits per heavy atom. The molecule has 0 fully saturated rings. The van der Waals surface area contributed by atoms with Crippen LogP contribution in [0, 0.1) is 10.1 Å². The maximum absolute atomic E-state index is 12.2. The lowest BCUT2D eigenvalue weighted by atomic mass is 10.1. The quantitative estimate of drug-likeness (QED) is 0.306. The molecule has 0 bridgehead atoms. The van der Waals surface area contributed by atoms with Crippen molar-refractivity contribution in [2.75, 3.05) is 33.0 Å². The first-order chi connectivity index (χ1) is 14.0. The highest BCUT2D eigenvalue weighted by atomic mass is 16.6. The number of fused-ring (bicyclic) bond motifs is 1. The Morgan fingerprint density at radius 1 is 1.10 bits per heavy atom. The number of carbonyl (C=O) groups is 2. The van der Waals surface area contributed by atoms with Crippen molar-refractivity contribution in [3.63, 3.8) is 0 Å². The molecule has 152 valence electrons. The number of para-hydroxylation sites is 1. The second-order valence-corrected chi connectivity index (χ2v) is 5.86. The molecule has 0 unspecified atom stereocenters. The molecule has 0 atom stereocenters. The molecule has 1 aliphatic heterocycles. The van der Waals surface area contributed by atoms with Gasteiger partial charge in [-0.25, -0.2) is 4.79 Å². The average molecular weight is 402 g/mol. The molecule has 0 aliphatic carbocycles. The number of nitrogens with zero attached hydrogens (tertiary/aromatic N) is 1. The number of nitro groups is 1. The minimum absolute atomic E-state index is 0.177. The molecule has 1 amide bonds. The van der Waals surface area contributed by atoms with Crippen molar-refractivity contribution in [2.24, 2.45) is 0 Å². The lowest BCUT2D eigenvalue weighted by molar-refractivity contribution is -0.385. The Kier molecular flexibility index (Phi) is 6.46. The molecule has 2 aromatic carbocycles. The second-order valence-electron chi connectivity index (χ2n) is 5.86. The van der Waals surface area contributed by atoms with Crippen LogP contribution in [0.1, 0.15) is 10.4 Å². The van der Waals surface area contributed by atoms with Crippen molar-refractivity contribution in [1.29, 1.82) is 0 Å². The van der Waals surface area contributed by atoms with Crippen LogP contribution >= 0.6 is 0 Å². The van der Waals surface area contributed by atoms with E-state index in [0.717, 1.165) is 6.07 Å². The highest BCUT2D eigenvalue weighted by Gasteiger charge is 2.27. The van der Waals surface area contributed by atoms with Crippen LogP contribution in [0.5, 0.6) is 17.2 Å². The van der Waals surface area contributed by atoms with Crippen LogP contribution in [0.2, 0.25) is 0 Å². The normalized spacial score (nSPS) is 12.0. The molecule has 0 aromatic heterocycles. The van der Waals surface area contributed by atoms with E-state index in [1.165, 1.54) is 6.07 Å². The smallest absolute Gasteiger partial charge is 0.345 e. The SMILES string of the molecule is O=C(COC(=O)c1cc2c(cc1[N+](=O)[O-])OCCO2)NCCOc1ccccc1. The van der Waals surface area contributed by atoms with Crippen molar-refractivity contribution in [2.45, 2.75) is 0 Å². The average Bonchev–Trinajstić information content (AvgIpc) is 2.74. The number of esters is 1. The molecule has 1 N–H and O–H groups in total. The van der Waals surface area contributed by atoms with Gasteiger partial charge in [-0.2, -0.15) is 0 Å². The van der Waals surface area contributed by atoms with E-state index in [1.54, 1.807) is 12.1 Å². The van der Waals surface area contributed by atoms with E-state index in [4.69, 9.17) is 18.9 Å². The zero-order chi connectivity index (χ0) is 20.6. The largest absolute Gasteiger partial charge is 0.492 e. The molecule has 0 saturated carbocycles. The summed E-state index contributed by atoms with van der Waals surface area (Å²) in [5.74, 6) is -0.523. The van der Waals surface area contributed by atoms with Gasteiger partial charge in [-0.1, -0.05) is 18.2 Å². The van der Waals surface area contributed by atoms with Crippen LogP contribution in [0.3, 0.4) is 0 Å². The first-order valence-electron chi connectivity index (χ1n) is 8.74. The number of rotatable bonds is 8. The molecule has 10 nitrogen and oxygen atoms in total. The van der Waals surface area contributed by atoms with Crippen LogP contribution in [0.4, 0.5) is 5.69 Å². The first-order valence-corrected chi connectivity index (χ1v) is 8.74. The highest BCUT2D eigenvalue weighted by Crippen LogP contribution is 2.36. The summed E-state index contributed by atoms with van der Waals surface area (Å²) in [6, 6.07) is 11.4. The van der Waals surface area contributed by atoms with Gasteiger partial charge in [0.2, 0.25) is 0 Å². The van der Waals surface area contributed by atoms with Crippen molar-refractivity contribution in [3.05, 3.63) is 58.1 Å². The second kappa shape index (κ2) is 9.40. The number of nitro benzene ring substituents is 1. The van der Waals surface area contributed by atoms with Gasteiger partial charge in [-0.15, -0.1) is 0 Å². The summed E-state index contributed by atoms with van der Waals surface area (Å²) >= 11 is 0. The fourth-order valence-electron chi connectivity index (χ4n) is 2.53. The number of ether oxygens (including phenoxy) is 4. The molecule has 10 heteroatoms.